The minimum absolute atomic E-state index is 0.541. The van der Waals surface area contributed by atoms with Crippen LogP contribution in [0.2, 0.25) is 0 Å². The summed E-state index contributed by atoms with van der Waals surface area (Å²) < 4.78 is 5.46. The van der Waals surface area contributed by atoms with Crippen molar-refractivity contribution in [1.29, 1.82) is 0 Å². The summed E-state index contributed by atoms with van der Waals surface area (Å²) in [6.45, 7) is 4.76. The highest BCUT2D eigenvalue weighted by Crippen LogP contribution is 2.10. The van der Waals surface area contributed by atoms with Gasteiger partial charge in [0.25, 0.3) is 0 Å². The molecule has 0 aromatic carbocycles. The molecule has 2 rings (SSSR count). The van der Waals surface area contributed by atoms with E-state index in [1.807, 2.05) is 0 Å². The monoisotopic (exact) mass is 236 g/mol. The number of ether oxygens (including phenoxy) is 1. The van der Waals surface area contributed by atoms with Crippen molar-refractivity contribution in [2.24, 2.45) is 0 Å². The second-order valence-electron chi connectivity index (χ2n) is 4.24. The molecule has 17 heavy (non-hydrogen) atoms. The molecule has 0 spiro atoms. The van der Waals surface area contributed by atoms with Gasteiger partial charge in [-0.15, -0.1) is 0 Å². The van der Waals surface area contributed by atoms with E-state index in [1.165, 1.54) is 12.8 Å². The lowest BCUT2D eigenvalue weighted by Crippen LogP contribution is -2.29. The zero-order valence-corrected chi connectivity index (χ0v) is 10.3. The summed E-state index contributed by atoms with van der Waals surface area (Å²) in [6, 6.07) is 2.33. The van der Waals surface area contributed by atoms with Crippen LogP contribution in [0.25, 0.3) is 0 Å². The quantitative estimate of drug-likeness (QED) is 0.782. The third-order valence-electron chi connectivity index (χ3n) is 2.75. The van der Waals surface area contributed by atoms with Crippen molar-refractivity contribution in [1.82, 2.24) is 15.3 Å². The average Bonchev–Trinajstić information content (AvgIpc) is 2.87. The topological polar surface area (TPSA) is 59.1 Å². The highest BCUT2D eigenvalue weighted by molar-refractivity contribution is 5.27. The smallest absolute Gasteiger partial charge is 0.225 e. The molecule has 0 radical (unpaired) electrons. The van der Waals surface area contributed by atoms with Crippen LogP contribution in [0.4, 0.5) is 5.95 Å². The zero-order chi connectivity index (χ0) is 11.9. The maximum atomic E-state index is 5.46. The molecule has 1 unspecified atom stereocenters. The number of nitrogens with one attached hydrogen (secondary N) is 2. The second-order valence-corrected chi connectivity index (χ2v) is 4.24. The first-order chi connectivity index (χ1) is 8.38. The third kappa shape index (κ3) is 3.85. The van der Waals surface area contributed by atoms with Crippen LogP contribution in [0.5, 0.6) is 5.88 Å². The molecule has 1 saturated heterocycles. The summed E-state index contributed by atoms with van der Waals surface area (Å²) in [5.41, 5.74) is 0. The van der Waals surface area contributed by atoms with E-state index in [0.29, 0.717) is 24.5 Å². The summed E-state index contributed by atoms with van der Waals surface area (Å²) in [5, 5.41) is 6.67. The van der Waals surface area contributed by atoms with Crippen molar-refractivity contribution in [2.45, 2.75) is 32.2 Å². The Morgan fingerprint density at radius 2 is 2.53 bits per heavy atom. The first-order valence-corrected chi connectivity index (χ1v) is 6.31. The first-order valence-electron chi connectivity index (χ1n) is 6.31. The molecule has 1 fully saturated rings. The van der Waals surface area contributed by atoms with Crippen molar-refractivity contribution < 1.29 is 4.74 Å². The Labute approximate surface area is 102 Å². The molecular weight excluding hydrogens is 216 g/mol. The summed E-state index contributed by atoms with van der Waals surface area (Å²) in [6.07, 6.45) is 5.19. The lowest BCUT2D eigenvalue weighted by Gasteiger charge is -2.11. The van der Waals surface area contributed by atoms with Gasteiger partial charge in [0, 0.05) is 24.8 Å². The standard InChI is InChI=1S/C12H20N4O/c1-2-8-17-11-5-7-14-12(16-11)15-9-10-4-3-6-13-10/h5,7,10,13H,2-4,6,8-9H2,1H3,(H,14,15,16). The SMILES string of the molecule is CCCOc1ccnc(NCC2CCCN2)n1. The van der Waals surface area contributed by atoms with Gasteiger partial charge in [0.2, 0.25) is 11.8 Å². The fourth-order valence-electron chi connectivity index (χ4n) is 1.86. The molecular formula is C12H20N4O. The molecule has 0 saturated carbocycles. The zero-order valence-electron chi connectivity index (χ0n) is 10.3. The van der Waals surface area contributed by atoms with Gasteiger partial charge in [-0.2, -0.15) is 4.98 Å². The predicted octanol–water partition coefficient (Wildman–Crippen LogP) is 1.43. The van der Waals surface area contributed by atoms with Gasteiger partial charge in [-0.25, -0.2) is 4.98 Å². The van der Waals surface area contributed by atoms with Crippen LogP contribution < -0.4 is 15.4 Å². The van der Waals surface area contributed by atoms with E-state index >= 15 is 0 Å². The number of aromatic nitrogens is 2. The average molecular weight is 236 g/mol. The predicted molar refractivity (Wildman–Crippen MR) is 67.3 cm³/mol. The highest BCUT2D eigenvalue weighted by atomic mass is 16.5. The van der Waals surface area contributed by atoms with E-state index in [4.69, 9.17) is 4.74 Å². The van der Waals surface area contributed by atoms with Crippen LogP contribution in [0, 0.1) is 0 Å². The molecule has 1 aliphatic heterocycles. The Kier molecular flexibility index (Phi) is 4.55. The van der Waals surface area contributed by atoms with E-state index < -0.39 is 0 Å². The van der Waals surface area contributed by atoms with Gasteiger partial charge in [0.05, 0.1) is 6.61 Å². The lowest BCUT2D eigenvalue weighted by molar-refractivity contribution is 0.305. The summed E-state index contributed by atoms with van der Waals surface area (Å²) in [7, 11) is 0. The van der Waals surface area contributed by atoms with Crippen molar-refractivity contribution in [3.63, 3.8) is 0 Å². The van der Waals surface area contributed by atoms with Crippen LogP contribution in [0.15, 0.2) is 12.3 Å². The second kappa shape index (κ2) is 6.39. The number of nitrogens with zero attached hydrogens (tertiary/aromatic N) is 2. The van der Waals surface area contributed by atoms with Crippen molar-refractivity contribution in [2.75, 3.05) is 25.0 Å². The molecule has 0 bridgehead atoms. The molecule has 0 aliphatic carbocycles. The summed E-state index contributed by atoms with van der Waals surface area (Å²) in [4.78, 5) is 8.48. The Hall–Kier alpha value is -1.36. The van der Waals surface area contributed by atoms with Gasteiger partial charge >= 0.3 is 0 Å². The van der Waals surface area contributed by atoms with Gasteiger partial charge < -0.3 is 15.4 Å². The van der Waals surface area contributed by atoms with E-state index in [1.54, 1.807) is 12.3 Å². The first kappa shape index (κ1) is 12.1. The van der Waals surface area contributed by atoms with Crippen molar-refractivity contribution >= 4 is 5.95 Å². The number of hydrogen-bond acceptors (Lipinski definition) is 5. The third-order valence-corrected chi connectivity index (χ3v) is 2.75. The fourth-order valence-corrected chi connectivity index (χ4v) is 1.86. The van der Waals surface area contributed by atoms with Crippen molar-refractivity contribution in [3.8, 4) is 5.88 Å². The minimum Gasteiger partial charge on any atom is -0.478 e. The Morgan fingerprint density at radius 3 is 3.29 bits per heavy atom. The summed E-state index contributed by atoms with van der Waals surface area (Å²) >= 11 is 0. The molecule has 1 atom stereocenters. The molecule has 2 heterocycles. The lowest BCUT2D eigenvalue weighted by atomic mass is 10.2. The largest absolute Gasteiger partial charge is 0.478 e. The van der Waals surface area contributed by atoms with E-state index in [2.05, 4.69) is 27.5 Å². The van der Waals surface area contributed by atoms with Crippen molar-refractivity contribution in [3.05, 3.63) is 12.3 Å². The normalized spacial score (nSPS) is 19.2. The van der Waals surface area contributed by atoms with Crippen LogP contribution in [-0.2, 0) is 0 Å². The van der Waals surface area contributed by atoms with Gasteiger partial charge in [-0.05, 0) is 25.8 Å². The van der Waals surface area contributed by atoms with E-state index in [0.717, 1.165) is 19.5 Å². The molecule has 5 nitrogen and oxygen atoms in total. The molecule has 2 N–H and O–H groups in total. The highest BCUT2D eigenvalue weighted by Gasteiger charge is 2.13. The van der Waals surface area contributed by atoms with Gasteiger partial charge in [0.15, 0.2) is 0 Å². The van der Waals surface area contributed by atoms with Gasteiger partial charge in [0.1, 0.15) is 0 Å². The number of rotatable bonds is 6. The number of anilines is 1. The Balaban J connectivity index is 1.82. The molecule has 94 valence electrons. The van der Waals surface area contributed by atoms with Crippen LogP contribution in [0.1, 0.15) is 26.2 Å². The maximum Gasteiger partial charge on any atom is 0.225 e. The molecule has 1 aromatic rings. The van der Waals surface area contributed by atoms with Crippen LogP contribution in [-0.4, -0.2) is 35.7 Å². The van der Waals surface area contributed by atoms with Gasteiger partial charge in [-0.3, -0.25) is 0 Å². The maximum absolute atomic E-state index is 5.46. The molecule has 5 heteroatoms. The Morgan fingerprint density at radius 1 is 1.59 bits per heavy atom. The summed E-state index contributed by atoms with van der Waals surface area (Å²) in [5.74, 6) is 1.29. The fraction of sp³-hybridized carbons (Fsp3) is 0.667. The number of hydrogen-bond donors (Lipinski definition) is 2. The van der Waals surface area contributed by atoms with Gasteiger partial charge in [-0.1, -0.05) is 6.92 Å². The molecule has 1 aromatic heterocycles. The van der Waals surface area contributed by atoms with E-state index in [9.17, 15) is 0 Å². The Bertz CT molecular complexity index is 339. The minimum atomic E-state index is 0.541. The molecule has 0 amide bonds. The van der Waals surface area contributed by atoms with Crippen LogP contribution in [0.3, 0.4) is 0 Å². The van der Waals surface area contributed by atoms with Crippen LogP contribution >= 0.6 is 0 Å². The molecule has 1 aliphatic rings. The van der Waals surface area contributed by atoms with E-state index in [-0.39, 0.29) is 0 Å².